The van der Waals surface area contributed by atoms with Gasteiger partial charge in [-0.05, 0) is 42.2 Å². The minimum absolute atomic E-state index is 0.0604. The van der Waals surface area contributed by atoms with Crippen molar-refractivity contribution in [3.63, 3.8) is 0 Å². The lowest BCUT2D eigenvalue weighted by atomic mass is 9.88. The van der Waals surface area contributed by atoms with Crippen LogP contribution in [0.25, 0.3) is 0 Å². The van der Waals surface area contributed by atoms with Crippen molar-refractivity contribution in [2.75, 3.05) is 7.11 Å². The van der Waals surface area contributed by atoms with Gasteiger partial charge in [0.2, 0.25) is 0 Å². The topological polar surface area (TPSA) is 74.4 Å². The highest BCUT2D eigenvalue weighted by molar-refractivity contribution is 6.74. The summed E-state index contributed by atoms with van der Waals surface area (Å²) in [5.41, 5.74) is 1.47. The van der Waals surface area contributed by atoms with Crippen molar-refractivity contribution in [2.45, 2.75) is 83.6 Å². The van der Waals surface area contributed by atoms with Crippen molar-refractivity contribution in [1.82, 2.24) is 0 Å². The van der Waals surface area contributed by atoms with Crippen molar-refractivity contribution in [1.29, 1.82) is 0 Å². The number of allylic oxidation sites excluding steroid dienone is 2. The van der Waals surface area contributed by atoms with E-state index in [0.717, 1.165) is 24.2 Å². The molecule has 0 spiro atoms. The van der Waals surface area contributed by atoms with Gasteiger partial charge in [0.05, 0.1) is 12.7 Å². The molecule has 1 saturated heterocycles. The summed E-state index contributed by atoms with van der Waals surface area (Å²) >= 11 is 0. The summed E-state index contributed by atoms with van der Waals surface area (Å²) in [5.74, 6) is 0.0283. The lowest BCUT2D eigenvalue weighted by Crippen LogP contribution is -2.49. The van der Waals surface area contributed by atoms with Crippen LogP contribution in [-0.4, -0.2) is 45.5 Å². The summed E-state index contributed by atoms with van der Waals surface area (Å²) < 4.78 is 23.2. The van der Waals surface area contributed by atoms with E-state index in [1.54, 1.807) is 13.2 Å². The average molecular weight is 473 g/mol. The number of unbranched alkanes of at least 4 members (excludes halogenated alkanes) is 1. The molecule has 2 aliphatic rings. The van der Waals surface area contributed by atoms with Gasteiger partial charge in [-0.3, -0.25) is 4.79 Å². The number of fused-ring (bicyclic) bond motifs is 1. The normalized spacial score (nSPS) is 23.0. The molecular formula is C26H36O6Si. The number of rotatable bonds is 9. The second-order valence-electron chi connectivity index (χ2n) is 10.1. The molecule has 1 fully saturated rings. The third-order valence-corrected chi connectivity index (χ3v) is 11.1. The van der Waals surface area contributed by atoms with Crippen molar-refractivity contribution in [2.24, 2.45) is 0 Å². The van der Waals surface area contributed by atoms with Crippen LogP contribution in [0.2, 0.25) is 18.1 Å². The van der Waals surface area contributed by atoms with E-state index in [1.165, 1.54) is 0 Å². The molecule has 1 aromatic carbocycles. The highest BCUT2D eigenvalue weighted by Crippen LogP contribution is 2.45. The Bertz CT molecular complexity index is 939. The van der Waals surface area contributed by atoms with Crippen LogP contribution in [0.3, 0.4) is 0 Å². The van der Waals surface area contributed by atoms with Gasteiger partial charge in [-0.25, -0.2) is 4.79 Å². The Balaban J connectivity index is 1.92. The molecule has 3 atom stereocenters. The van der Waals surface area contributed by atoms with Gasteiger partial charge in [0.25, 0.3) is 0 Å². The first-order valence-corrected chi connectivity index (χ1v) is 14.5. The number of Topliss-reactive ketones (excluding diaryl/α,β-unsaturated/α-hetero) is 1. The first-order valence-electron chi connectivity index (χ1n) is 11.6. The van der Waals surface area contributed by atoms with Crippen LogP contribution in [0.4, 0.5) is 0 Å². The quantitative estimate of drug-likeness (QED) is 0.282. The molecule has 33 heavy (non-hydrogen) atoms. The first kappa shape index (κ1) is 25.4. The molecule has 1 aliphatic heterocycles. The zero-order valence-electron chi connectivity index (χ0n) is 20.8. The predicted molar refractivity (Wildman–Crippen MR) is 130 cm³/mol. The van der Waals surface area contributed by atoms with Crippen LogP contribution in [0, 0.1) is 0 Å². The Labute approximate surface area is 198 Å². The van der Waals surface area contributed by atoms with E-state index in [1.807, 2.05) is 30.3 Å². The standard InChI is InChI=1S/C26H36O6Si/c1-8-9-10-11-19-20(25(28)30-16-17-12-14-18(29-5)15-13-17)22(24-23(31-24)21(19)27)32-33(6,7)26(2,3)4/h10-15,22-24H,8-9,16H2,1-7H3/b11-10-/t22-,23-,24+/m1/s1. The molecule has 0 radical (unpaired) electrons. The summed E-state index contributed by atoms with van der Waals surface area (Å²) in [6.45, 7) is 12.9. The van der Waals surface area contributed by atoms with Gasteiger partial charge in [0.15, 0.2) is 14.1 Å². The maximum atomic E-state index is 13.4. The van der Waals surface area contributed by atoms with Crippen molar-refractivity contribution < 1.29 is 28.2 Å². The van der Waals surface area contributed by atoms with E-state index in [0.29, 0.717) is 5.57 Å². The van der Waals surface area contributed by atoms with E-state index < -0.39 is 32.6 Å². The number of carbonyl (C=O) groups excluding carboxylic acids is 2. The summed E-state index contributed by atoms with van der Waals surface area (Å²) in [4.78, 5) is 26.4. The summed E-state index contributed by atoms with van der Waals surface area (Å²) in [6.07, 6.45) is 3.84. The largest absolute Gasteiger partial charge is 0.497 e. The molecule has 1 heterocycles. The molecule has 0 saturated carbocycles. The lowest BCUT2D eigenvalue weighted by Gasteiger charge is -2.40. The number of ketones is 1. The lowest BCUT2D eigenvalue weighted by molar-refractivity contribution is -0.142. The Kier molecular flexibility index (Phi) is 7.66. The Morgan fingerprint density at radius 3 is 2.42 bits per heavy atom. The SMILES string of the molecule is CCC/C=C\C1=C(C(=O)OCc2ccc(OC)cc2)[C@@H](O[Si](C)(C)C(C)(C)C)[C@@H]2O[C@@H]2C1=O. The van der Waals surface area contributed by atoms with Crippen LogP contribution in [0.1, 0.15) is 46.1 Å². The third-order valence-electron chi connectivity index (χ3n) is 6.64. The number of benzene rings is 1. The fourth-order valence-corrected chi connectivity index (χ4v) is 4.74. The molecular weight excluding hydrogens is 436 g/mol. The van der Waals surface area contributed by atoms with Gasteiger partial charge >= 0.3 is 5.97 Å². The van der Waals surface area contributed by atoms with Gasteiger partial charge in [-0.15, -0.1) is 0 Å². The number of ether oxygens (including phenoxy) is 3. The molecule has 1 aromatic rings. The zero-order valence-corrected chi connectivity index (χ0v) is 21.8. The van der Waals surface area contributed by atoms with Gasteiger partial charge < -0.3 is 18.6 Å². The molecule has 0 aromatic heterocycles. The van der Waals surface area contributed by atoms with E-state index in [9.17, 15) is 9.59 Å². The Morgan fingerprint density at radius 2 is 1.85 bits per heavy atom. The highest BCUT2D eigenvalue weighted by atomic mass is 28.4. The number of hydrogen-bond donors (Lipinski definition) is 0. The van der Waals surface area contributed by atoms with E-state index in [4.69, 9.17) is 18.6 Å². The molecule has 3 rings (SSSR count). The van der Waals surface area contributed by atoms with Gasteiger partial charge in [-0.1, -0.05) is 58.4 Å². The van der Waals surface area contributed by atoms with E-state index in [-0.39, 0.29) is 23.0 Å². The van der Waals surface area contributed by atoms with E-state index in [2.05, 4.69) is 40.8 Å². The highest BCUT2D eigenvalue weighted by Gasteiger charge is 2.59. The molecule has 6 nitrogen and oxygen atoms in total. The van der Waals surface area contributed by atoms with Crippen molar-refractivity contribution in [3.05, 3.63) is 53.1 Å². The summed E-state index contributed by atoms with van der Waals surface area (Å²) in [6, 6.07) is 7.32. The number of epoxide rings is 1. The average Bonchev–Trinajstić information content (AvgIpc) is 3.56. The maximum absolute atomic E-state index is 13.4. The van der Waals surface area contributed by atoms with E-state index >= 15 is 0 Å². The third kappa shape index (κ3) is 5.65. The fraction of sp³-hybridized carbons (Fsp3) is 0.538. The molecule has 180 valence electrons. The fourth-order valence-electron chi connectivity index (χ4n) is 3.50. The van der Waals surface area contributed by atoms with Crippen LogP contribution in [0.15, 0.2) is 47.6 Å². The summed E-state index contributed by atoms with van der Waals surface area (Å²) in [5, 5.41) is -0.0604. The van der Waals surface area contributed by atoms with Crippen LogP contribution >= 0.6 is 0 Å². The van der Waals surface area contributed by atoms with Crippen molar-refractivity contribution >= 4 is 20.1 Å². The van der Waals surface area contributed by atoms with Crippen LogP contribution in [0.5, 0.6) is 5.75 Å². The molecule has 0 N–H and O–H groups in total. The predicted octanol–water partition coefficient (Wildman–Crippen LogP) is 5.13. The number of carbonyl (C=O) groups is 2. The van der Waals surface area contributed by atoms with Crippen LogP contribution in [-0.2, 0) is 30.1 Å². The smallest absolute Gasteiger partial charge is 0.337 e. The number of hydrogen-bond acceptors (Lipinski definition) is 6. The van der Waals surface area contributed by atoms with Crippen LogP contribution < -0.4 is 4.74 Å². The molecule has 0 unspecified atom stereocenters. The zero-order chi connectivity index (χ0) is 24.4. The molecule has 7 heteroatoms. The first-order chi connectivity index (χ1) is 15.5. The number of methoxy groups -OCH3 is 1. The number of esters is 1. The maximum Gasteiger partial charge on any atom is 0.337 e. The monoisotopic (exact) mass is 472 g/mol. The van der Waals surface area contributed by atoms with Crippen molar-refractivity contribution in [3.8, 4) is 5.75 Å². The molecule has 0 amide bonds. The molecule has 0 bridgehead atoms. The second kappa shape index (κ2) is 9.95. The minimum atomic E-state index is -2.25. The van der Waals surface area contributed by atoms with Gasteiger partial charge in [0.1, 0.15) is 30.7 Å². The molecule has 1 aliphatic carbocycles. The minimum Gasteiger partial charge on any atom is -0.497 e. The Hall–Kier alpha value is -2.22. The second-order valence-corrected chi connectivity index (χ2v) is 14.9. The van der Waals surface area contributed by atoms with Gasteiger partial charge in [0, 0.05) is 5.57 Å². The van der Waals surface area contributed by atoms with Gasteiger partial charge in [-0.2, -0.15) is 0 Å². The Morgan fingerprint density at radius 1 is 1.18 bits per heavy atom. The summed E-state index contributed by atoms with van der Waals surface area (Å²) in [7, 11) is -0.651.